The third kappa shape index (κ3) is 3.46. The van der Waals surface area contributed by atoms with Crippen LogP contribution in [-0.4, -0.2) is 43.1 Å². The third-order valence-electron chi connectivity index (χ3n) is 4.83. The number of aromatic amines is 1. The van der Waals surface area contributed by atoms with Crippen molar-refractivity contribution >= 4 is 0 Å². The SMILES string of the molecule is Cc1noc(C)c1-c1cc(C[C@@H]2CCN(Cc3cnc[nH]3)C2)ncn1. The molecule has 1 atom stereocenters. The molecule has 1 saturated heterocycles. The van der Waals surface area contributed by atoms with E-state index in [2.05, 4.69) is 36.1 Å². The van der Waals surface area contributed by atoms with Gasteiger partial charge in [-0.1, -0.05) is 5.16 Å². The van der Waals surface area contributed by atoms with Crippen molar-refractivity contribution in [3.05, 3.63) is 47.8 Å². The van der Waals surface area contributed by atoms with Crippen LogP contribution in [0, 0.1) is 19.8 Å². The Balaban J connectivity index is 1.43. The minimum Gasteiger partial charge on any atom is -0.361 e. The van der Waals surface area contributed by atoms with Crippen LogP contribution in [0.1, 0.15) is 29.3 Å². The molecule has 1 N–H and O–H groups in total. The van der Waals surface area contributed by atoms with Crippen molar-refractivity contribution in [1.29, 1.82) is 0 Å². The molecule has 0 bridgehead atoms. The van der Waals surface area contributed by atoms with E-state index in [1.54, 1.807) is 12.7 Å². The molecule has 1 aliphatic heterocycles. The van der Waals surface area contributed by atoms with E-state index in [-0.39, 0.29) is 0 Å². The highest BCUT2D eigenvalue weighted by atomic mass is 16.5. The summed E-state index contributed by atoms with van der Waals surface area (Å²) in [4.78, 5) is 18.6. The third-order valence-corrected chi connectivity index (χ3v) is 4.83. The van der Waals surface area contributed by atoms with Crippen LogP contribution >= 0.6 is 0 Å². The van der Waals surface area contributed by atoms with Crippen molar-refractivity contribution < 1.29 is 4.52 Å². The summed E-state index contributed by atoms with van der Waals surface area (Å²) in [7, 11) is 0. The number of aromatic nitrogens is 5. The average Bonchev–Trinajstić information content (AvgIpc) is 3.32. The summed E-state index contributed by atoms with van der Waals surface area (Å²) < 4.78 is 5.26. The molecule has 0 spiro atoms. The fourth-order valence-corrected chi connectivity index (χ4v) is 3.63. The van der Waals surface area contributed by atoms with Crippen molar-refractivity contribution in [3.63, 3.8) is 0 Å². The first-order valence-electron chi connectivity index (χ1n) is 8.63. The van der Waals surface area contributed by atoms with Gasteiger partial charge in [0.15, 0.2) is 0 Å². The number of rotatable bonds is 5. The van der Waals surface area contributed by atoms with Crippen LogP contribution in [0.3, 0.4) is 0 Å². The topological polar surface area (TPSA) is 83.7 Å². The van der Waals surface area contributed by atoms with Crippen molar-refractivity contribution in [1.82, 2.24) is 30.0 Å². The van der Waals surface area contributed by atoms with Gasteiger partial charge >= 0.3 is 0 Å². The standard InChI is InChI=1S/C18H22N6O/c1-12-18(13(2)25-23-12)17-6-15(21-11-22-17)5-14-3-4-24(8-14)9-16-7-19-10-20-16/h6-7,10-11,14H,3-5,8-9H2,1-2H3,(H,19,20)/t14-/m0/s1. The van der Waals surface area contributed by atoms with Crippen LogP contribution < -0.4 is 0 Å². The van der Waals surface area contributed by atoms with E-state index >= 15 is 0 Å². The van der Waals surface area contributed by atoms with Gasteiger partial charge in [0, 0.05) is 30.7 Å². The first-order chi connectivity index (χ1) is 12.2. The molecule has 25 heavy (non-hydrogen) atoms. The Labute approximate surface area is 146 Å². The molecule has 3 aromatic heterocycles. The number of H-pyrrole nitrogens is 1. The number of nitrogens with one attached hydrogen (secondary N) is 1. The van der Waals surface area contributed by atoms with E-state index in [1.807, 2.05) is 20.0 Å². The van der Waals surface area contributed by atoms with Gasteiger partial charge in [0.05, 0.1) is 23.3 Å². The molecule has 7 heteroatoms. The van der Waals surface area contributed by atoms with Gasteiger partial charge in [-0.2, -0.15) is 0 Å². The molecule has 0 aliphatic carbocycles. The molecule has 0 saturated carbocycles. The zero-order valence-corrected chi connectivity index (χ0v) is 14.6. The maximum atomic E-state index is 5.26. The number of hydrogen-bond donors (Lipinski definition) is 1. The highest BCUT2D eigenvalue weighted by Gasteiger charge is 2.24. The van der Waals surface area contributed by atoms with E-state index in [1.165, 1.54) is 12.1 Å². The van der Waals surface area contributed by atoms with Crippen molar-refractivity contribution in [2.45, 2.75) is 33.2 Å². The molecule has 3 aromatic rings. The monoisotopic (exact) mass is 338 g/mol. The Bertz CT molecular complexity index is 822. The number of aryl methyl sites for hydroxylation is 2. The maximum absolute atomic E-state index is 5.26. The van der Waals surface area contributed by atoms with E-state index in [4.69, 9.17) is 4.52 Å². The second-order valence-corrected chi connectivity index (χ2v) is 6.76. The first kappa shape index (κ1) is 16.0. The number of hydrogen-bond acceptors (Lipinski definition) is 6. The Morgan fingerprint density at radius 2 is 2.24 bits per heavy atom. The lowest BCUT2D eigenvalue weighted by atomic mass is 10.0. The Hall–Kier alpha value is -2.54. The summed E-state index contributed by atoms with van der Waals surface area (Å²) in [6, 6.07) is 2.07. The molecule has 130 valence electrons. The van der Waals surface area contributed by atoms with Crippen LogP contribution in [0.15, 0.2) is 29.4 Å². The molecular formula is C18H22N6O. The van der Waals surface area contributed by atoms with E-state index in [0.29, 0.717) is 5.92 Å². The van der Waals surface area contributed by atoms with Crippen LogP contribution in [0.25, 0.3) is 11.3 Å². The van der Waals surface area contributed by atoms with Gasteiger partial charge in [-0.05, 0) is 45.2 Å². The second kappa shape index (κ2) is 6.76. The zero-order valence-electron chi connectivity index (χ0n) is 14.6. The lowest BCUT2D eigenvalue weighted by Crippen LogP contribution is -2.21. The van der Waals surface area contributed by atoms with Gasteiger partial charge in [0.2, 0.25) is 0 Å². The molecule has 1 fully saturated rings. The second-order valence-electron chi connectivity index (χ2n) is 6.76. The highest BCUT2D eigenvalue weighted by molar-refractivity contribution is 5.63. The largest absolute Gasteiger partial charge is 0.361 e. The Morgan fingerprint density at radius 1 is 1.32 bits per heavy atom. The Morgan fingerprint density at radius 3 is 3.00 bits per heavy atom. The normalized spacial score (nSPS) is 18.1. The molecule has 4 heterocycles. The summed E-state index contributed by atoms with van der Waals surface area (Å²) in [6.07, 6.45) is 7.44. The average molecular weight is 338 g/mol. The Kier molecular flexibility index (Phi) is 4.31. The predicted octanol–water partition coefficient (Wildman–Crippen LogP) is 2.54. The summed E-state index contributed by atoms with van der Waals surface area (Å²) in [5, 5.41) is 4.02. The molecule has 1 aliphatic rings. The number of imidazole rings is 1. The molecule has 0 aromatic carbocycles. The highest BCUT2D eigenvalue weighted by Crippen LogP contribution is 2.27. The van der Waals surface area contributed by atoms with Crippen molar-refractivity contribution in [2.24, 2.45) is 5.92 Å². The minimum atomic E-state index is 0.621. The summed E-state index contributed by atoms with van der Waals surface area (Å²) in [5.74, 6) is 1.42. The maximum Gasteiger partial charge on any atom is 0.143 e. The van der Waals surface area contributed by atoms with E-state index in [9.17, 15) is 0 Å². The van der Waals surface area contributed by atoms with Crippen LogP contribution in [0.2, 0.25) is 0 Å². The van der Waals surface area contributed by atoms with Gasteiger partial charge in [0.1, 0.15) is 12.1 Å². The lowest BCUT2D eigenvalue weighted by molar-refractivity contribution is 0.312. The van der Waals surface area contributed by atoms with Crippen LogP contribution in [-0.2, 0) is 13.0 Å². The van der Waals surface area contributed by atoms with Gasteiger partial charge in [-0.15, -0.1) is 0 Å². The molecular weight excluding hydrogens is 316 g/mol. The summed E-state index contributed by atoms with van der Waals surface area (Å²) >= 11 is 0. The fraction of sp³-hybridized carbons (Fsp3) is 0.444. The van der Waals surface area contributed by atoms with Gasteiger partial charge in [-0.3, -0.25) is 4.90 Å². The lowest BCUT2D eigenvalue weighted by Gasteiger charge is -2.14. The molecule has 0 unspecified atom stereocenters. The van der Waals surface area contributed by atoms with E-state index in [0.717, 1.165) is 54.5 Å². The number of likely N-dealkylation sites (tertiary alicyclic amines) is 1. The van der Waals surface area contributed by atoms with Crippen LogP contribution in [0.5, 0.6) is 0 Å². The van der Waals surface area contributed by atoms with Crippen LogP contribution in [0.4, 0.5) is 0 Å². The van der Waals surface area contributed by atoms with E-state index < -0.39 is 0 Å². The fourth-order valence-electron chi connectivity index (χ4n) is 3.63. The quantitative estimate of drug-likeness (QED) is 0.769. The van der Waals surface area contributed by atoms with Crippen molar-refractivity contribution in [3.8, 4) is 11.3 Å². The predicted molar refractivity (Wildman–Crippen MR) is 92.7 cm³/mol. The molecule has 0 amide bonds. The molecule has 7 nitrogen and oxygen atoms in total. The zero-order chi connectivity index (χ0) is 17.2. The molecule has 4 rings (SSSR count). The van der Waals surface area contributed by atoms with Gasteiger partial charge < -0.3 is 9.51 Å². The smallest absolute Gasteiger partial charge is 0.143 e. The minimum absolute atomic E-state index is 0.621. The van der Waals surface area contributed by atoms with Gasteiger partial charge in [-0.25, -0.2) is 15.0 Å². The van der Waals surface area contributed by atoms with Crippen molar-refractivity contribution in [2.75, 3.05) is 13.1 Å². The molecule has 0 radical (unpaired) electrons. The summed E-state index contributed by atoms with van der Waals surface area (Å²) in [5.41, 5.74) is 5.00. The summed E-state index contributed by atoms with van der Waals surface area (Å²) in [6.45, 7) is 7.00. The number of nitrogens with zero attached hydrogens (tertiary/aromatic N) is 5. The first-order valence-corrected chi connectivity index (χ1v) is 8.63. The van der Waals surface area contributed by atoms with Gasteiger partial charge in [0.25, 0.3) is 0 Å².